The van der Waals surface area contributed by atoms with E-state index in [9.17, 15) is 4.79 Å². The maximum absolute atomic E-state index is 12.6. The van der Waals surface area contributed by atoms with Crippen LogP contribution in [0.5, 0.6) is 0 Å². The summed E-state index contributed by atoms with van der Waals surface area (Å²) in [5, 5.41) is 5.73. The molecule has 3 unspecified atom stereocenters. The predicted molar refractivity (Wildman–Crippen MR) is 88.5 cm³/mol. The van der Waals surface area contributed by atoms with Crippen LogP contribution in [0.25, 0.3) is 0 Å². The van der Waals surface area contributed by atoms with Crippen molar-refractivity contribution >= 4 is 22.4 Å². The van der Waals surface area contributed by atoms with Crippen LogP contribution < -0.4 is 11.1 Å². The second kappa shape index (κ2) is 6.05. The Labute approximate surface area is 131 Å². The molecule has 21 heavy (non-hydrogen) atoms. The molecule has 0 spiro atoms. The molecule has 1 heterocycles. The lowest BCUT2D eigenvalue weighted by atomic mass is 9.61. The van der Waals surface area contributed by atoms with E-state index in [2.05, 4.69) is 44.9 Å². The van der Waals surface area contributed by atoms with E-state index in [0.29, 0.717) is 17.0 Å². The number of anilines is 1. The molecule has 2 rings (SSSR count). The van der Waals surface area contributed by atoms with Gasteiger partial charge in [-0.05, 0) is 30.1 Å². The van der Waals surface area contributed by atoms with Crippen molar-refractivity contribution in [2.24, 2.45) is 23.0 Å². The van der Waals surface area contributed by atoms with Gasteiger partial charge in [0, 0.05) is 17.3 Å². The van der Waals surface area contributed by atoms with Crippen molar-refractivity contribution in [3.05, 3.63) is 11.1 Å². The standard InChI is InChI=1S/C16H27N3OS/c1-9(2)13-8-21-15(18-13)19-14(20)11-6-7-12(17)10(3)16(11,4)5/h8-12H,6-7,17H2,1-5H3,(H,18,19,20). The van der Waals surface area contributed by atoms with Crippen LogP contribution in [-0.4, -0.2) is 16.9 Å². The number of hydrogen-bond acceptors (Lipinski definition) is 4. The molecule has 0 aromatic carbocycles. The van der Waals surface area contributed by atoms with E-state index in [1.807, 2.05) is 5.38 Å². The smallest absolute Gasteiger partial charge is 0.229 e. The summed E-state index contributed by atoms with van der Waals surface area (Å²) in [5.41, 5.74) is 7.12. The maximum Gasteiger partial charge on any atom is 0.229 e. The zero-order valence-electron chi connectivity index (χ0n) is 13.6. The van der Waals surface area contributed by atoms with Crippen LogP contribution in [0.3, 0.4) is 0 Å². The van der Waals surface area contributed by atoms with Gasteiger partial charge >= 0.3 is 0 Å². The van der Waals surface area contributed by atoms with E-state index in [-0.39, 0.29) is 23.3 Å². The summed E-state index contributed by atoms with van der Waals surface area (Å²) in [7, 11) is 0. The molecule has 1 aromatic rings. The van der Waals surface area contributed by atoms with Crippen molar-refractivity contribution in [2.45, 2.75) is 59.4 Å². The minimum atomic E-state index is -0.0834. The average Bonchev–Trinajstić information content (AvgIpc) is 2.84. The highest BCUT2D eigenvalue weighted by molar-refractivity contribution is 7.13. The Balaban J connectivity index is 2.08. The van der Waals surface area contributed by atoms with E-state index >= 15 is 0 Å². The molecular weight excluding hydrogens is 282 g/mol. The van der Waals surface area contributed by atoms with Crippen molar-refractivity contribution in [3.63, 3.8) is 0 Å². The summed E-state index contributed by atoms with van der Waals surface area (Å²) < 4.78 is 0. The number of nitrogens with one attached hydrogen (secondary N) is 1. The Morgan fingerprint density at radius 1 is 1.48 bits per heavy atom. The molecular formula is C16H27N3OS. The summed E-state index contributed by atoms with van der Waals surface area (Å²) in [5.74, 6) is 0.808. The molecule has 1 aliphatic rings. The first-order valence-corrected chi connectivity index (χ1v) is 8.63. The van der Waals surface area contributed by atoms with Crippen molar-refractivity contribution in [1.29, 1.82) is 0 Å². The van der Waals surface area contributed by atoms with Crippen LogP contribution >= 0.6 is 11.3 Å². The first kappa shape index (κ1) is 16.4. The second-order valence-electron chi connectivity index (χ2n) is 7.13. The van der Waals surface area contributed by atoms with Gasteiger partial charge in [0.25, 0.3) is 0 Å². The molecule has 3 atom stereocenters. The third-order valence-electron chi connectivity index (χ3n) is 5.16. The minimum Gasteiger partial charge on any atom is -0.327 e. The van der Waals surface area contributed by atoms with Gasteiger partial charge in [0.05, 0.1) is 5.69 Å². The SMILES string of the molecule is CC(C)c1csc(NC(=O)C2CCC(N)C(C)C2(C)C)n1. The number of carbonyl (C=O) groups is 1. The van der Waals surface area contributed by atoms with Crippen molar-refractivity contribution in [3.8, 4) is 0 Å². The summed E-state index contributed by atoms with van der Waals surface area (Å²) in [6, 6.07) is 0.191. The van der Waals surface area contributed by atoms with Crippen LogP contribution in [-0.2, 0) is 4.79 Å². The van der Waals surface area contributed by atoms with E-state index in [4.69, 9.17) is 5.73 Å². The van der Waals surface area contributed by atoms with Crippen LogP contribution in [0.15, 0.2) is 5.38 Å². The molecule has 1 fully saturated rings. The Kier molecular flexibility index (Phi) is 4.73. The van der Waals surface area contributed by atoms with Crippen molar-refractivity contribution in [2.75, 3.05) is 5.32 Å². The summed E-state index contributed by atoms with van der Waals surface area (Å²) >= 11 is 1.50. The Hall–Kier alpha value is -0.940. The molecule has 1 amide bonds. The molecule has 4 nitrogen and oxygen atoms in total. The fourth-order valence-corrected chi connectivity index (χ4v) is 4.00. The molecule has 3 N–H and O–H groups in total. The topological polar surface area (TPSA) is 68.0 Å². The number of nitrogens with two attached hydrogens (primary N) is 1. The van der Waals surface area contributed by atoms with Crippen LogP contribution in [0.2, 0.25) is 0 Å². The van der Waals surface area contributed by atoms with Crippen molar-refractivity contribution < 1.29 is 4.79 Å². The summed E-state index contributed by atoms with van der Waals surface area (Å²) in [6.07, 6.45) is 1.77. The summed E-state index contributed by atoms with van der Waals surface area (Å²) in [6.45, 7) is 10.7. The normalized spacial score (nSPS) is 28.6. The lowest BCUT2D eigenvalue weighted by Gasteiger charge is -2.45. The Bertz CT molecular complexity index is 509. The highest BCUT2D eigenvalue weighted by Gasteiger charge is 2.45. The zero-order valence-corrected chi connectivity index (χ0v) is 14.5. The second-order valence-corrected chi connectivity index (χ2v) is 7.98. The number of hydrogen-bond donors (Lipinski definition) is 2. The number of rotatable bonds is 3. The Morgan fingerprint density at radius 2 is 2.14 bits per heavy atom. The maximum atomic E-state index is 12.6. The predicted octanol–water partition coefficient (Wildman–Crippen LogP) is 3.60. The largest absolute Gasteiger partial charge is 0.327 e. The highest BCUT2D eigenvalue weighted by atomic mass is 32.1. The molecule has 5 heteroatoms. The summed E-state index contributed by atoms with van der Waals surface area (Å²) in [4.78, 5) is 17.1. The van der Waals surface area contributed by atoms with Gasteiger partial charge in [0.15, 0.2) is 5.13 Å². The monoisotopic (exact) mass is 309 g/mol. The molecule has 118 valence electrons. The van der Waals surface area contributed by atoms with Crippen LogP contribution in [0.1, 0.15) is 59.1 Å². The molecule has 0 aliphatic heterocycles. The van der Waals surface area contributed by atoms with E-state index in [1.54, 1.807) is 0 Å². The number of thiazole rings is 1. The van der Waals surface area contributed by atoms with Gasteiger partial charge in [-0.1, -0.05) is 34.6 Å². The molecule has 0 bridgehead atoms. The zero-order chi connectivity index (χ0) is 15.8. The van der Waals surface area contributed by atoms with Crippen molar-refractivity contribution in [1.82, 2.24) is 4.98 Å². The third kappa shape index (κ3) is 3.29. The van der Waals surface area contributed by atoms with Gasteiger partial charge in [-0.15, -0.1) is 11.3 Å². The lowest BCUT2D eigenvalue weighted by Crippen LogP contribution is -2.50. The first-order valence-electron chi connectivity index (χ1n) is 7.75. The number of carbonyl (C=O) groups excluding carboxylic acids is 1. The van der Waals surface area contributed by atoms with Gasteiger partial charge in [-0.25, -0.2) is 4.98 Å². The average molecular weight is 309 g/mol. The van der Waals surface area contributed by atoms with Gasteiger partial charge in [0.2, 0.25) is 5.91 Å². The number of aromatic nitrogens is 1. The fourth-order valence-electron chi connectivity index (χ4n) is 3.12. The quantitative estimate of drug-likeness (QED) is 0.896. The van der Waals surface area contributed by atoms with Gasteiger partial charge in [-0.3, -0.25) is 4.79 Å². The number of nitrogens with zero attached hydrogens (tertiary/aromatic N) is 1. The molecule has 0 saturated heterocycles. The van der Waals surface area contributed by atoms with E-state index in [0.717, 1.165) is 18.5 Å². The van der Waals surface area contributed by atoms with Crippen LogP contribution in [0, 0.1) is 17.3 Å². The van der Waals surface area contributed by atoms with E-state index < -0.39 is 0 Å². The van der Waals surface area contributed by atoms with Gasteiger partial charge in [-0.2, -0.15) is 0 Å². The fraction of sp³-hybridized carbons (Fsp3) is 0.750. The number of amides is 1. The third-order valence-corrected chi connectivity index (χ3v) is 5.94. The molecule has 1 saturated carbocycles. The van der Waals surface area contributed by atoms with Gasteiger partial charge in [0.1, 0.15) is 0 Å². The minimum absolute atomic E-state index is 0.00120. The molecule has 1 aliphatic carbocycles. The first-order chi connectivity index (χ1) is 9.73. The van der Waals surface area contributed by atoms with Gasteiger partial charge < -0.3 is 11.1 Å². The van der Waals surface area contributed by atoms with Crippen LogP contribution in [0.4, 0.5) is 5.13 Å². The molecule has 0 radical (unpaired) electrons. The molecule has 1 aromatic heterocycles. The lowest BCUT2D eigenvalue weighted by molar-refractivity contribution is -0.127. The van der Waals surface area contributed by atoms with E-state index in [1.165, 1.54) is 11.3 Å². The Morgan fingerprint density at radius 3 is 2.71 bits per heavy atom. The highest BCUT2D eigenvalue weighted by Crippen LogP contribution is 2.44.